The summed E-state index contributed by atoms with van der Waals surface area (Å²) in [4.78, 5) is 14.2. The van der Waals surface area contributed by atoms with Crippen LogP contribution in [-0.4, -0.2) is 23.2 Å². The maximum atomic E-state index is 12.3. The molecule has 0 unspecified atom stereocenters. The zero-order valence-electron chi connectivity index (χ0n) is 11.0. The van der Waals surface area contributed by atoms with Gasteiger partial charge in [-0.2, -0.15) is 0 Å². The summed E-state index contributed by atoms with van der Waals surface area (Å²) in [5, 5.41) is 9.60. The average molecular weight is 260 g/mol. The van der Waals surface area contributed by atoms with Gasteiger partial charge in [-0.15, -0.1) is 0 Å². The van der Waals surface area contributed by atoms with E-state index in [1.807, 2.05) is 23.1 Å². The number of nitrogens with zero attached hydrogens (tertiary/aromatic N) is 1. The molecule has 1 aromatic carbocycles. The molecule has 1 amide bonds. The zero-order chi connectivity index (χ0) is 13.4. The maximum absolute atomic E-state index is 12.3. The first-order valence-corrected chi connectivity index (χ1v) is 7.03. The lowest BCUT2D eigenvalue weighted by Crippen LogP contribution is -2.45. The molecule has 4 heteroatoms. The number of amides is 1. The number of benzene rings is 1. The molecule has 1 aliphatic heterocycles. The molecular weight excluding hydrogens is 240 g/mol. The van der Waals surface area contributed by atoms with E-state index in [0.717, 1.165) is 43.5 Å². The van der Waals surface area contributed by atoms with Crippen LogP contribution in [0.15, 0.2) is 18.2 Å². The molecule has 0 radical (unpaired) electrons. The number of fused-ring (bicyclic) bond motifs is 1. The van der Waals surface area contributed by atoms with Crippen LogP contribution in [0.4, 0.5) is 11.4 Å². The number of anilines is 2. The molecule has 2 aliphatic rings. The Hall–Kier alpha value is -1.55. The lowest BCUT2D eigenvalue weighted by molar-refractivity contribution is -0.119. The number of hydrogen-bond acceptors (Lipinski definition) is 3. The van der Waals surface area contributed by atoms with Gasteiger partial charge in [0, 0.05) is 23.8 Å². The molecule has 3 rings (SSSR count). The largest absolute Gasteiger partial charge is 0.399 e. The summed E-state index contributed by atoms with van der Waals surface area (Å²) >= 11 is 0. The number of aliphatic hydroxyl groups excluding tert-OH is 1. The van der Waals surface area contributed by atoms with Gasteiger partial charge in [0.05, 0.1) is 6.10 Å². The summed E-state index contributed by atoms with van der Waals surface area (Å²) in [6.07, 6.45) is 4.51. The fourth-order valence-corrected chi connectivity index (χ4v) is 3.25. The van der Waals surface area contributed by atoms with Crippen molar-refractivity contribution in [3.05, 3.63) is 23.8 Å². The van der Waals surface area contributed by atoms with Gasteiger partial charge in [-0.25, -0.2) is 0 Å². The van der Waals surface area contributed by atoms with Crippen LogP contribution in [0.25, 0.3) is 0 Å². The molecule has 0 saturated heterocycles. The van der Waals surface area contributed by atoms with Crippen LogP contribution in [0.5, 0.6) is 0 Å². The van der Waals surface area contributed by atoms with Crippen molar-refractivity contribution in [3.8, 4) is 0 Å². The predicted octanol–water partition coefficient (Wildman–Crippen LogP) is 1.85. The standard InChI is InChI=1S/C15H20N2O2/c16-11-2-7-14-10(9-11)1-8-15(19)17(14)12-3-5-13(18)6-4-12/h2,7,9,12-13,18H,1,3-6,8,16H2. The monoisotopic (exact) mass is 260 g/mol. The van der Waals surface area contributed by atoms with Gasteiger partial charge in [0.1, 0.15) is 0 Å². The SMILES string of the molecule is Nc1ccc2c(c1)CCC(=O)N2C1CCC(O)CC1. The van der Waals surface area contributed by atoms with Crippen molar-refractivity contribution < 1.29 is 9.90 Å². The van der Waals surface area contributed by atoms with Crippen LogP contribution in [0.2, 0.25) is 0 Å². The Labute approximate surface area is 113 Å². The number of carbonyl (C=O) groups excluding carboxylic acids is 1. The van der Waals surface area contributed by atoms with Crippen LogP contribution in [0.3, 0.4) is 0 Å². The van der Waals surface area contributed by atoms with Crippen molar-refractivity contribution in [2.45, 2.75) is 50.7 Å². The highest BCUT2D eigenvalue weighted by atomic mass is 16.3. The fourth-order valence-electron chi connectivity index (χ4n) is 3.25. The van der Waals surface area contributed by atoms with Gasteiger partial charge in [0.25, 0.3) is 0 Å². The van der Waals surface area contributed by atoms with E-state index in [2.05, 4.69) is 0 Å². The highest BCUT2D eigenvalue weighted by Gasteiger charge is 2.32. The molecule has 19 heavy (non-hydrogen) atoms. The van der Waals surface area contributed by atoms with Gasteiger partial charge in [-0.1, -0.05) is 0 Å². The molecule has 1 aromatic rings. The van der Waals surface area contributed by atoms with E-state index >= 15 is 0 Å². The van der Waals surface area contributed by atoms with E-state index in [-0.39, 0.29) is 18.1 Å². The van der Waals surface area contributed by atoms with Gasteiger partial charge in [-0.3, -0.25) is 4.79 Å². The maximum Gasteiger partial charge on any atom is 0.227 e. The highest BCUT2D eigenvalue weighted by molar-refractivity contribution is 5.97. The molecule has 3 N–H and O–H groups in total. The van der Waals surface area contributed by atoms with Crippen molar-refractivity contribution in [2.24, 2.45) is 0 Å². The van der Waals surface area contributed by atoms with Crippen LogP contribution in [-0.2, 0) is 11.2 Å². The van der Waals surface area contributed by atoms with Crippen molar-refractivity contribution in [2.75, 3.05) is 10.6 Å². The van der Waals surface area contributed by atoms with Crippen molar-refractivity contribution in [1.29, 1.82) is 0 Å². The lowest BCUT2D eigenvalue weighted by atomic mass is 9.89. The molecule has 0 atom stereocenters. The minimum Gasteiger partial charge on any atom is -0.399 e. The first-order valence-electron chi connectivity index (χ1n) is 7.03. The molecule has 0 spiro atoms. The van der Waals surface area contributed by atoms with Crippen LogP contribution in [0.1, 0.15) is 37.7 Å². The molecule has 4 nitrogen and oxygen atoms in total. The highest BCUT2D eigenvalue weighted by Crippen LogP contribution is 2.35. The third-order valence-corrected chi connectivity index (χ3v) is 4.27. The normalized spacial score (nSPS) is 27.2. The number of aliphatic hydroxyl groups is 1. The molecule has 1 heterocycles. The number of carbonyl (C=O) groups is 1. The Bertz CT molecular complexity index is 493. The Kier molecular flexibility index (Phi) is 3.19. The van der Waals surface area contributed by atoms with E-state index in [0.29, 0.717) is 6.42 Å². The van der Waals surface area contributed by atoms with Gasteiger partial charge >= 0.3 is 0 Å². The smallest absolute Gasteiger partial charge is 0.227 e. The lowest BCUT2D eigenvalue weighted by Gasteiger charge is -2.39. The molecule has 0 bridgehead atoms. The van der Waals surface area contributed by atoms with E-state index in [4.69, 9.17) is 5.73 Å². The Morgan fingerprint density at radius 2 is 1.89 bits per heavy atom. The van der Waals surface area contributed by atoms with E-state index < -0.39 is 0 Å². The average Bonchev–Trinajstić information content (AvgIpc) is 2.40. The van der Waals surface area contributed by atoms with Crippen LogP contribution in [0, 0.1) is 0 Å². The summed E-state index contributed by atoms with van der Waals surface area (Å²) in [6.45, 7) is 0. The predicted molar refractivity (Wildman–Crippen MR) is 74.9 cm³/mol. The fraction of sp³-hybridized carbons (Fsp3) is 0.533. The quantitative estimate of drug-likeness (QED) is 0.757. The van der Waals surface area contributed by atoms with Crippen LogP contribution < -0.4 is 10.6 Å². The minimum absolute atomic E-state index is 0.193. The number of aryl methyl sites for hydroxylation is 1. The van der Waals surface area contributed by atoms with Crippen molar-refractivity contribution in [3.63, 3.8) is 0 Å². The summed E-state index contributed by atoms with van der Waals surface area (Å²) in [5.41, 5.74) is 8.77. The molecule has 1 aliphatic carbocycles. The second-order valence-corrected chi connectivity index (χ2v) is 5.61. The van der Waals surface area contributed by atoms with E-state index in [1.54, 1.807) is 0 Å². The summed E-state index contributed by atoms with van der Waals surface area (Å²) in [5.74, 6) is 0.207. The second-order valence-electron chi connectivity index (χ2n) is 5.61. The molecule has 102 valence electrons. The summed E-state index contributed by atoms with van der Waals surface area (Å²) in [7, 11) is 0. The molecule has 1 fully saturated rings. The van der Waals surface area contributed by atoms with Crippen LogP contribution >= 0.6 is 0 Å². The third kappa shape index (κ3) is 2.32. The van der Waals surface area contributed by atoms with Gasteiger partial charge in [0.15, 0.2) is 0 Å². The summed E-state index contributed by atoms with van der Waals surface area (Å²) in [6, 6.07) is 6.04. The third-order valence-electron chi connectivity index (χ3n) is 4.27. The van der Waals surface area contributed by atoms with Crippen molar-refractivity contribution in [1.82, 2.24) is 0 Å². The molecule has 1 saturated carbocycles. The Morgan fingerprint density at radius 3 is 2.63 bits per heavy atom. The van der Waals surface area contributed by atoms with E-state index in [1.165, 1.54) is 5.56 Å². The summed E-state index contributed by atoms with van der Waals surface area (Å²) < 4.78 is 0. The second kappa shape index (κ2) is 4.85. The van der Waals surface area contributed by atoms with Gasteiger partial charge in [-0.05, 0) is 55.9 Å². The Morgan fingerprint density at radius 1 is 1.16 bits per heavy atom. The minimum atomic E-state index is -0.193. The Balaban J connectivity index is 1.90. The topological polar surface area (TPSA) is 66.6 Å². The molecular formula is C15H20N2O2. The number of hydrogen-bond donors (Lipinski definition) is 2. The van der Waals surface area contributed by atoms with E-state index in [9.17, 15) is 9.90 Å². The number of nitrogen functional groups attached to an aromatic ring is 1. The first kappa shape index (κ1) is 12.5. The number of nitrogens with two attached hydrogens (primary N) is 1. The zero-order valence-corrected chi connectivity index (χ0v) is 11.0. The van der Waals surface area contributed by atoms with Gasteiger partial charge in [0.2, 0.25) is 5.91 Å². The molecule has 0 aromatic heterocycles. The van der Waals surface area contributed by atoms with Crippen molar-refractivity contribution >= 4 is 17.3 Å². The first-order chi connectivity index (χ1) is 9.15. The van der Waals surface area contributed by atoms with Gasteiger partial charge < -0.3 is 15.7 Å². The number of rotatable bonds is 1.